The van der Waals surface area contributed by atoms with Gasteiger partial charge in [0, 0.05) is 17.5 Å². The van der Waals surface area contributed by atoms with Crippen LogP contribution in [-0.2, 0) is 6.42 Å². The molecular weight excluding hydrogens is 225 g/mol. The highest BCUT2D eigenvalue weighted by molar-refractivity contribution is 5.43. The highest BCUT2D eigenvalue weighted by Crippen LogP contribution is 2.42. The molecule has 2 unspecified atom stereocenters. The highest BCUT2D eigenvalue weighted by atomic mass is 19.1. The van der Waals surface area contributed by atoms with Gasteiger partial charge >= 0.3 is 0 Å². The minimum Gasteiger partial charge on any atom is -0.323 e. The van der Waals surface area contributed by atoms with Crippen molar-refractivity contribution in [2.45, 2.75) is 25.3 Å². The molecule has 1 aliphatic carbocycles. The molecule has 1 aliphatic rings. The first kappa shape index (κ1) is 11.4. The summed E-state index contributed by atoms with van der Waals surface area (Å²) in [4.78, 5) is 0. The van der Waals surface area contributed by atoms with Crippen molar-refractivity contribution >= 4 is 0 Å². The molecular formula is C16H16FN. The van der Waals surface area contributed by atoms with Crippen molar-refractivity contribution in [2.75, 3.05) is 0 Å². The van der Waals surface area contributed by atoms with Gasteiger partial charge in [0.05, 0.1) is 0 Å². The molecule has 0 aromatic heterocycles. The number of halogens is 1. The lowest BCUT2D eigenvalue weighted by molar-refractivity contribution is 0.476. The Morgan fingerprint density at radius 3 is 2.78 bits per heavy atom. The summed E-state index contributed by atoms with van der Waals surface area (Å²) in [6, 6.07) is 13.2. The van der Waals surface area contributed by atoms with Crippen LogP contribution in [0.15, 0.2) is 42.5 Å². The predicted octanol–water partition coefficient (Wildman–Crippen LogP) is 3.47. The van der Waals surface area contributed by atoms with Crippen molar-refractivity contribution in [2.24, 2.45) is 5.73 Å². The minimum atomic E-state index is -0.250. The zero-order chi connectivity index (χ0) is 12.7. The van der Waals surface area contributed by atoms with Crippen molar-refractivity contribution < 1.29 is 4.39 Å². The van der Waals surface area contributed by atoms with Gasteiger partial charge in [0.2, 0.25) is 0 Å². The lowest BCUT2D eigenvalue weighted by atomic mass is 9.72. The second-order valence-corrected chi connectivity index (χ2v) is 5.06. The van der Waals surface area contributed by atoms with E-state index in [2.05, 4.69) is 12.1 Å². The fourth-order valence-electron chi connectivity index (χ4n) is 2.75. The fourth-order valence-corrected chi connectivity index (χ4v) is 2.75. The average molecular weight is 241 g/mol. The van der Waals surface area contributed by atoms with Crippen LogP contribution >= 0.6 is 0 Å². The number of fused-ring (bicyclic) bond motifs is 1. The molecule has 18 heavy (non-hydrogen) atoms. The molecule has 0 bridgehead atoms. The standard InChI is InChI=1S/C16H16FN/c1-10-6-7-15(17)14(8-10)16(18)13-9-11-4-2-3-5-12(11)13/h2-8,13,16H,9,18H2,1H3. The van der Waals surface area contributed by atoms with E-state index in [-0.39, 0.29) is 17.8 Å². The van der Waals surface area contributed by atoms with Crippen molar-refractivity contribution in [3.63, 3.8) is 0 Å². The fraction of sp³-hybridized carbons (Fsp3) is 0.250. The second kappa shape index (κ2) is 4.21. The Kier molecular flexibility index (Phi) is 2.67. The highest BCUT2D eigenvalue weighted by Gasteiger charge is 2.32. The molecule has 92 valence electrons. The molecule has 0 spiro atoms. The smallest absolute Gasteiger partial charge is 0.128 e. The molecule has 3 rings (SSSR count). The van der Waals surface area contributed by atoms with E-state index < -0.39 is 0 Å². The van der Waals surface area contributed by atoms with Gasteiger partial charge < -0.3 is 5.73 Å². The number of nitrogens with two attached hydrogens (primary N) is 1. The number of benzene rings is 2. The average Bonchev–Trinajstić information content (AvgIpc) is 2.33. The summed E-state index contributed by atoms with van der Waals surface area (Å²) in [5, 5.41) is 0. The Labute approximate surface area is 106 Å². The molecule has 2 aromatic rings. The van der Waals surface area contributed by atoms with Gasteiger partial charge in [-0.15, -0.1) is 0 Å². The van der Waals surface area contributed by atoms with Gasteiger partial charge in [0.1, 0.15) is 5.82 Å². The zero-order valence-corrected chi connectivity index (χ0v) is 10.4. The van der Waals surface area contributed by atoms with Gasteiger partial charge in [-0.3, -0.25) is 0 Å². The van der Waals surface area contributed by atoms with E-state index in [1.54, 1.807) is 6.07 Å². The van der Waals surface area contributed by atoms with Crippen LogP contribution in [0.1, 0.15) is 34.2 Å². The quantitative estimate of drug-likeness (QED) is 0.856. The lowest BCUT2D eigenvalue weighted by Gasteiger charge is -2.35. The van der Waals surface area contributed by atoms with E-state index >= 15 is 0 Å². The second-order valence-electron chi connectivity index (χ2n) is 5.06. The molecule has 2 atom stereocenters. The van der Waals surface area contributed by atoms with Crippen LogP contribution < -0.4 is 5.73 Å². The van der Waals surface area contributed by atoms with Gasteiger partial charge in [-0.05, 0) is 30.5 Å². The summed E-state index contributed by atoms with van der Waals surface area (Å²) < 4.78 is 13.8. The third kappa shape index (κ3) is 1.73. The molecule has 0 amide bonds. The van der Waals surface area contributed by atoms with Crippen LogP contribution in [-0.4, -0.2) is 0 Å². The largest absolute Gasteiger partial charge is 0.323 e. The van der Waals surface area contributed by atoms with E-state index in [1.807, 2.05) is 25.1 Å². The lowest BCUT2D eigenvalue weighted by Crippen LogP contribution is -2.29. The van der Waals surface area contributed by atoms with Gasteiger partial charge in [0.25, 0.3) is 0 Å². The van der Waals surface area contributed by atoms with Crippen LogP contribution in [0, 0.1) is 12.7 Å². The van der Waals surface area contributed by atoms with Gasteiger partial charge in [-0.25, -0.2) is 4.39 Å². The third-order valence-corrected chi connectivity index (χ3v) is 3.84. The number of rotatable bonds is 2. The summed E-state index contributed by atoms with van der Waals surface area (Å²) in [5.74, 6) is 0.0509. The molecule has 2 aromatic carbocycles. The predicted molar refractivity (Wildman–Crippen MR) is 71.0 cm³/mol. The van der Waals surface area contributed by atoms with Crippen LogP contribution in [0.4, 0.5) is 4.39 Å². The zero-order valence-electron chi connectivity index (χ0n) is 10.4. The Morgan fingerprint density at radius 2 is 2.00 bits per heavy atom. The molecule has 1 nitrogen and oxygen atoms in total. The normalized spacial score (nSPS) is 18.9. The Bertz CT molecular complexity index is 591. The van der Waals surface area contributed by atoms with E-state index in [9.17, 15) is 4.39 Å². The Balaban J connectivity index is 1.93. The van der Waals surface area contributed by atoms with Gasteiger partial charge in [-0.2, -0.15) is 0 Å². The molecule has 2 heteroatoms. The van der Waals surface area contributed by atoms with E-state index in [0.29, 0.717) is 5.56 Å². The summed E-state index contributed by atoms with van der Waals surface area (Å²) in [6.45, 7) is 1.96. The Morgan fingerprint density at radius 1 is 1.22 bits per heavy atom. The summed E-state index contributed by atoms with van der Waals surface area (Å²) in [7, 11) is 0. The maximum atomic E-state index is 13.8. The molecule has 0 aliphatic heterocycles. The van der Waals surface area contributed by atoms with Crippen molar-refractivity contribution in [1.29, 1.82) is 0 Å². The third-order valence-electron chi connectivity index (χ3n) is 3.84. The van der Waals surface area contributed by atoms with Crippen molar-refractivity contribution in [1.82, 2.24) is 0 Å². The number of aryl methyl sites for hydroxylation is 1. The SMILES string of the molecule is Cc1ccc(F)c(C(N)C2Cc3ccccc32)c1. The minimum absolute atomic E-state index is 0.197. The van der Waals surface area contributed by atoms with Crippen molar-refractivity contribution in [3.8, 4) is 0 Å². The molecule has 0 radical (unpaired) electrons. The summed E-state index contributed by atoms with van der Waals surface area (Å²) >= 11 is 0. The molecule has 2 N–H and O–H groups in total. The van der Waals surface area contributed by atoms with Crippen LogP contribution in [0.3, 0.4) is 0 Å². The summed E-state index contributed by atoms with van der Waals surface area (Å²) in [6.07, 6.45) is 0.949. The first-order valence-corrected chi connectivity index (χ1v) is 6.26. The van der Waals surface area contributed by atoms with Crippen LogP contribution in [0.25, 0.3) is 0 Å². The van der Waals surface area contributed by atoms with E-state index in [4.69, 9.17) is 5.73 Å². The molecule has 0 saturated carbocycles. The first-order valence-electron chi connectivity index (χ1n) is 6.26. The van der Waals surface area contributed by atoms with Gasteiger partial charge in [-0.1, -0.05) is 42.0 Å². The van der Waals surface area contributed by atoms with E-state index in [0.717, 1.165) is 12.0 Å². The van der Waals surface area contributed by atoms with Crippen LogP contribution in [0.5, 0.6) is 0 Å². The monoisotopic (exact) mass is 241 g/mol. The number of hydrogen-bond acceptors (Lipinski definition) is 1. The van der Waals surface area contributed by atoms with E-state index in [1.165, 1.54) is 17.2 Å². The first-order chi connectivity index (χ1) is 8.66. The molecule has 0 heterocycles. The number of hydrogen-bond donors (Lipinski definition) is 1. The molecule has 0 saturated heterocycles. The molecule has 0 fully saturated rings. The van der Waals surface area contributed by atoms with Crippen molar-refractivity contribution in [3.05, 3.63) is 70.5 Å². The van der Waals surface area contributed by atoms with Crippen LogP contribution in [0.2, 0.25) is 0 Å². The maximum Gasteiger partial charge on any atom is 0.128 e. The maximum absolute atomic E-state index is 13.8. The summed E-state index contributed by atoms with van der Waals surface area (Å²) in [5.41, 5.74) is 10.5. The topological polar surface area (TPSA) is 26.0 Å². The Hall–Kier alpha value is -1.67. The van der Waals surface area contributed by atoms with Gasteiger partial charge in [0.15, 0.2) is 0 Å².